The molecule has 0 unspecified atom stereocenters. The molecule has 0 atom stereocenters. The second-order valence-corrected chi connectivity index (χ2v) is 6.98. The van der Waals surface area contributed by atoms with Crippen LogP contribution in [0.5, 0.6) is 11.5 Å². The second kappa shape index (κ2) is 8.83. The zero-order valence-corrected chi connectivity index (χ0v) is 17.2. The van der Waals surface area contributed by atoms with Crippen molar-refractivity contribution in [2.45, 2.75) is 13.5 Å². The number of benzene rings is 2. The highest BCUT2D eigenvalue weighted by Gasteiger charge is 2.15. The Labute approximate surface area is 178 Å². The van der Waals surface area contributed by atoms with Crippen LogP contribution in [0.2, 0.25) is 0 Å². The van der Waals surface area contributed by atoms with Crippen LogP contribution in [0.3, 0.4) is 0 Å². The maximum atomic E-state index is 12.6. The molecule has 154 valence electrons. The van der Waals surface area contributed by atoms with Crippen LogP contribution in [0.1, 0.15) is 12.5 Å². The number of amides is 1. The van der Waals surface area contributed by atoms with Gasteiger partial charge < -0.3 is 24.7 Å². The van der Waals surface area contributed by atoms with Crippen molar-refractivity contribution in [3.8, 4) is 11.5 Å². The molecule has 0 aliphatic carbocycles. The van der Waals surface area contributed by atoms with Crippen LogP contribution in [-0.4, -0.2) is 35.1 Å². The molecule has 3 aromatic rings. The Morgan fingerprint density at radius 2 is 2.07 bits per heavy atom. The van der Waals surface area contributed by atoms with E-state index in [1.807, 2.05) is 42.0 Å². The summed E-state index contributed by atoms with van der Waals surface area (Å²) in [7, 11) is 0. The molecule has 9 heteroatoms. The highest BCUT2D eigenvalue weighted by atomic mass is 32.1. The summed E-state index contributed by atoms with van der Waals surface area (Å²) >= 11 is 5.11. The van der Waals surface area contributed by atoms with Crippen LogP contribution in [0.25, 0.3) is 10.9 Å². The SMILES string of the molecule is CCNC(=S)N/N=C/c1cn(CC(=O)Nc2ccc3c(c2)OCO3)c2ccccc12. The third kappa shape index (κ3) is 4.36. The van der Waals surface area contributed by atoms with Crippen molar-refractivity contribution in [1.29, 1.82) is 0 Å². The summed E-state index contributed by atoms with van der Waals surface area (Å²) in [6, 6.07) is 13.2. The Morgan fingerprint density at radius 3 is 2.93 bits per heavy atom. The molecule has 1 aromatic heterocycles. The van der Waals surface area contributed by atoms with Crippen LogP contribution >= 0.6 is 12.2 Å². The fourth-order valence-corrected chi connectivity index (χ4v) is 3.40. The van der Waals surface area contributed by atoms with Crippen LogP contribution in [0.4, 0.5) is 5.69 Å². The number of anilines is 1. The first-order valence-corrected chi connectivity index (χ1v) is 9.89. The topological polar surface area (TPSA) is 88.9 Å². The lowest BCUT2D eigenvalue weighted by molar-refractivity contribution is -0.116. The van der Waals surface area contributed by atoms with Gasteiger partial charge in [-0.3, -0.25) is 10.2 Å². The predicted octanol–water partition coefficient (Wildman–Crippen LogP) is 2.83. The molecule has 1 amide bonds. The fourth-order valence-electron chi connectivity index (χ4n) is 3.20. The smallest absolute Gasteiger partial charge is 0.244 e. The van der Waals surface area contributed by atoms with Gasteiger partial charge in [0.15, 0.2) is 16.6 Å². The van der Waals surface area contributed by atoms with Crippen molar-refractivity contribution < 1.29 is 14.3 Å². The number of hydrogen-bond acceptors (Lipinski definition) is 5. The molecular formula is C21H21N5O3S. The molecule has 0 radical (unpaired) electrons. The van der Waals surface area contributed by atoms with E-state index >= 15 is 0 Å². The number of carbonyl (C=O) groups is 1. The molecule has 0 spiro atoms. The molecule has 3 N–H and O–H groups in total. The molecule has 1 aliphatic heterocycles. The quantitative estimate of drug-likeness (QED) is 0.321. The number of fused-ring (bicyclic) bond motifs is 2. The van der Waals surface area contributed by atoms with E-state index < -0.39 is 0 Å². The minimum atomic E-state index is -0.149. The van der Waals surface area contributed by atoms with E-state index in [0.29, 0.717) is 22.3 Å². The molecular weight excluding hydrogens is 402 g/mol. The van der Waals surface area contributed by atoms with Crippen molar-refractivity contribution in [3.05, 3.63) is 54.2 Å². The van der Waals surface area contributed by atoms with E-state index in [1.165, 1.54) is 0 Å². The molecule has 30 heavy (non-hydrogen) atoms. The average molecular weight is 423 g/mol. The summed E-state index contributed by atoms with van der Waals surface area (Å²) in [6.45, 7) is 3.03. The molecule has 8 nitrogen and oxygen atoms in total. The largest absolute Gasteiger partial charge is 0.454 e. The minimum absolute atomic E-state index is 0.149. The van der Waals surface area contributed by atoms with Gasteiger partial charge in [0.25, 0.3) is 0 Å². The molecule has 4 rings (SSSR count). The highest BCUT2D eigenvalue weighted by molar-refractivity contribution is 7.80. The van der Waals surface area contributed by atoms with Gasteiger partial charge in [0.1, 0.15) is 6.54 Å². The van der Waals surface area contributed by atoms with Gasteiger partial charge in [-0.25, -0.2) is 0 Å². The number of hydrogen-bond donors (Lipinski definition) is 3. The Kier molecular flexibility index (Phi) is 5.80. The first-order chi connectivity index (χ1) is 14.6. The standard InChI is InChI=1S/C21H21N5O3S/c1-2-22-21(30)25-23-10-14-11-26(17-6-4-3-5-16(14)17)12-20(27)24-15-7-8-18-19(9-15)29-13-28-18/h3-11H,2,12-13H2,1H3,(H,24,27)(H2,22,25,30)/b23-10+. The van der Waals surface area contributed by atoms with Crippen LogP contribution in [0.15, 0.2) is 53.8 Å². The zero-order valence-electron chi connectivity index (χ0n) is 16.3. The minimum Gasteiger partial charge on any atom is -0.454 e. The van der Waals surface area contributed by atoms with Gasteiger partial charge in [0.2, 0.25) is 12.7 Å². The maximum absolute atomic E-state index is 12.6. The van der Waals surface area contributed by atoms with E-state index in [4.69, 9.17) is 21.7 Å². The van der Waals surface area contributed by atoms with Crippen molar-refractivity contribution in [2.24, 2.45) is 5.10 Å². The number of thiocarbonyl (C=S) groups is 1. The summed E-state index contributed by atoms with van der Waals surface area (Å²) in [5.74, 6) is 1.15. The number of hydrazone groups is 1. The van der Waals surface area contributed by atoms with E-state index in [9.17, 15) is 4.79 Å². The monoisotopic (exact) mass is 423 g/mol. The van der Waals surface area contributed by atoms with Gasteiger partial charge in [-0.2, -0.15) is 5.10 Å². The Balaban J connectivity index is 1.49. The van der Waals surface area contributed by atoms with Gasteiger partial charge in [-0.1, -0.05) is 18.2 Å². The van der Waals surface area contributed by atoms with Crippen LogP contribution in [0, 0.1) is 0 Å². The number of aromatic nitrogens is 1. The summed E-state index contributed by atoms with van der Waals surface area (Å²) in [5, 5.41) is 11.5. The summed E-state index contributed by atoms with van der Waals surface area (Å²) < 4.78 is 12.5. The third-order valence-corrected chi connectivity index (χ3v) is 4.73. The molecule has 0 bridgehead atoms. The normalized spacial score (nSPS) is 12.3. The first kappa shape index (κ1) is 19.7. The fraction of sp³-hybridized carbons (Fsp3) is 0.190. The van der Waals surface area contributed by atoms with Crippen LogP contribution < -0.4 is 25.5 Å². The number of carbonyl (C=O) groups excluding carboxylic acids is 1. The number of nitrogens with one attached hydrogen (secondary N) is 3. The van der Waals surface area contributed by atoms with Crippen LogP contribution in [-0.2, 0) is 11.3 Å². The van der Waals surface area contributed by atoms with Gasteiger partial charge in [-0.15, -0.1) is 0 Å². The predicted molar refractivity (Wildman–Crippen MR) is 120 cm³/mol. The number of rotatable bonds is 6. The zero-order chi connectivity index (χ0) is 20.9. The molecule has 2 aromatic carbocycles. The molecule has 0 saturated carbocycles. The molecule has 0 fully saturated rings. The number of nitrogens with zero attached hydrogens (tertiary/aromatic N) is 2. The average Bonchev–Trinajstić information content (AvgIpc) is 3.33. The van der Waals surface area contributed by atoms with E-state index in [2.05, 4.69) is 21.2 Å². The lowest BCUT2D eigenvalue weighted by Gasteiger charge is -2.08. The first-order valence-electron chi connectivity index (χ1n) is 9.48. The highest BCUT2D eigenvalue weighted by Crippen LogP contribution is 2.34. The van der Waals surface area contributed by atoms with Gasteiger partial charge in [-0.05, 0) is 37.3 Å². The molecule has 2 heterocycles. The van der Waals surface area contributed by atoms with Crippen molar-refractivity contribution >= 4 is 46.0 Å². The lowest BCUT2D eigenvalue weighted by Crippen LogP contribution is -2.31. The van der Waals surface area contributed by atoms with Gasteiger partial charge in [0, 0.05) is 41.0 Å². The van der Waals surface area contributed by atoms with Crippen molar-refractivity contribution in [1.82, 2.24) is 15.3 Å². The van der Waals surface area contributed by atoms with Crippen molar-refractivity contribution in [3.63, 3.8) is 0 Å². The number of ether oxygens (including phenoxy) is 2. The summed E-state index contributed by atoms with van der Waals surface area (Å²) in [6.07, 6.45) is 3.59. The van der Waals surface area contributed by atoms with Gasteiger partial charge in [0.05, 0.1) is 6.21 Å². The summed E-state index contributed by atoms with van der Waals surface area (Å²) in [4.78, 5) is 12.6. The van der Waals surface area contributed by atoms with E-state index in [0.717, 1.165) is 23.0 Å². The Bertz CT molecular complexity index is 1130. The molecule has 1 aliphatic rings. The van der Waals surface area contributed by atoms with E-state index in [-0.39, 0.29) is 19.2 Å². The second-order valence-electron chi connectivity index (χ2n) is 6.58. The molecule has 0 saturated heterocycles. The number of para-hydroxylation sites is 1. The van der Waals surface area contributed by atoms with Gasteiger partial charge >= 0.3 is 0 Å². The van der Waals surface area contributed by atoms with Crippen molar-refractivity contribution in [2.75, 3.05) is 18.7 Å². The maximum Gasteiger partial charge on any atom is 0.244 e. The Hall–Kier alpha value is -3.59. The third-order valence-electron chi connectivity index (χ3n) is 4.50. The summed E-state index contributed by atoms with van der Waals surface area (Å²) in [5.41, 5.74) is 5.26. The van der Waals surface area contributed by atoms with E-state index in [1.54, 1.807) is 24.4 Å². The Morgan fingerprint density at radius 1 is 1.23 bits per heavy atom. The lowest BCUT2D eigenvalue weighted by atomic mass is 10.2.